The van der Waals surface area contributed by atoms with E-state index >= 15 is 0 Å². The first kappa shape index (κ1) is 23.8. The van der Waals surface area contributed by atoms with Crippen LogP contribution in [-0.4, -0.2) is 43.8 Å². The molecule has 2 aromatic rings. The van der Waals surface area contributed by atoms with Gasteiger partial charge in [-0.05, 0) is 30.3 Å². The van der Waals surface area contributed by atoms with E-state index in [2.05, 4.69) is 0 Å². The van der Waals surface area contributed by atoms with Gasteiger partial charge >= 0.3 is 12.4 Å². The molecule has 7 nitrogen and oxygen atoms in total. The van der Waals surface area contributed by atoms with Crippen LogP contribution >= 0.6 is 0 Å². The van der Waals surface area contributed by atoms with Crippen molar-refractivity contribution in [2.75, 3.05) is 31.1 Å². The molecule has 1 aliphatic rings. The maximum Gasteiger partial charge on any atom is 0.416 e. The van der Waals surface area contributed by atoms with Crippen molar-refractivity contribution in [1.82, 2.24) is 4.31 Å². The summed E-state index contributed by atoms with van der Waals surface area (Å²) >= 11 is 0. The van der Waals surface area contributed by atoms with Gasteiger partial charge in [0.05, 0.1) is 20.9 Å². The minimum Gasteiger partial charge on any atom is -0.369 e. The molecule has 3 rings (SSSR count). The fourth-order valence-corrected chi connectivity index (χ4v) is 4.62. The molecule has 2 aromatic carbocycles. The molecule has 14 heteroatoms. The number of nitro groups is 1. The molecule has 0 aliphatic carbocycles. The lowest BCUT2D eigenvalue weighted by atomic mass is 10.1. The molecule has 0 spiro atoms. The Morgan fingerprint density at radius 2 is 1.28 bits per heavy atom. The Hall–Kier alpha value is -2.87. The molecule has 174 valence electrons. The number of hydrogen-bond acceptors (Lipinski definition) is 5. The average Bonchev–Trinajstić information content (AvgIpc) is 2.72. The fraction of sp³-hybridized carbons (Fsp3) is 0.333. The van der Waals surface area contributed by atoms with E-state index in [1.807, 2.05) is 0 Å². The SMILES string of the molecule is O=[N+]([O-])c1ccc(S(=O)(=O)N2CCN(c3cc(C(F)(F)F)cc(C(F)(F)F)c3)CC2)cc1. The second kappa shape index (κ2) is 8.24. The number of hydrogen-bond donors (Lipinski definition) is 0. The molecular weight excluding hydrogens is 468 g/mol. The van der Waals surface area contributed by atoms with Crippen LogP contribution in [0.3, 0.4) is 0 Å². The highest BCUT2D eigenvalue weighted by Gasteiger charge is 2.38. The second-order valence-corrected chi connectivity index (χ2v) is 8.84. The molecule has 1 fully saturated rings. The van der Waals surface area contributed by atoms with Crippen molar-refractivity contribution in [1.29, 1.82) is 0 Å². The van der Waals surface area contributed by atoms with Gasteiger partial charge in [-0.15, -0.1) is 0 Å². The number of anilines is 1. The van der Waals surface area contributed by atoms with Gasteiger partial charge in [-0.25, -0.2) is 8.42 Å². The number of rotatable bonds is 4. The molecule has 1 heterocycles. The fourth-order valence-electron chi connectivity index (χ4n) is 3.20. The molecule has 0 atom stereocenters. The summed E-state index contributed by atoms with van der Waals surface area (Å²) in [6.45, 7) is -0.691. The van der Waals surface area contributed by atoms with Gasteiger partial charge in [0.15, 0.2) is 0 Å². The smallest absolute Gasteiger partial charge is 0.369 e. The van der Waals surface area contributed by atoms with Gasteiger partial charge in [0, 0.05) is 44.0 Å². The molecule has 0 bridgehead atoms. The molecule has 32 heavy (non-hydrogen) atoms. The molecule has 1 aliphatic heterocycles. The summed E-state index contributed by atoms with van der Waals surface area (Å²) in [6, 6.07) is 5.36. The molecule has 0 N–H and O–H groups in total. The lowest BCUT2D eigenvalue weighted by Gasteiger charge is -2.35. The summed E-state index contributed by atoms with van der Waals surface area (Å²) in [7, 11) is -4.05. The second-order valence-electron chi connectivity index (χ2n) is 6.91. The Morgan fingerprint density at radius 3 is 1.69 bits per heavy atom. The lowest BCUT2D eigenvalue weighted by Crippen LogP contribution is -2.48. The third-order valence-electron chi connectivity index (χ3n) is 4.86. The third-order valence-corrected chi connectivity index (χ3v) is 6.77. The van der Waals surface area contributed by atoms with Crippen molar-refractivity contribution >= 4 is 21.4 Å². The molecule has 0 saturated carbocycles. The molecular formula is C18H15F6N3O4S. The highest BCUT2D eigenvalue weighted by molar-refractivity contribution is 7.89. The van der Waals surface area contributed by atoms with Crippen LogP contribution in [0.4, 0.5) is 37.7 Å². The van der Waals surface area contributed by atoms with E-state index in [0.29, 0.717) is 12.1 Å². The van der Waals surface area contributed by atoms with Gasteiger partial charge in [0.25, 0.3) is 5.69 Å². The van der Waals surface area contributed by atoms with E-state index < -0.39 is 38.4 Å². The Kier molecular flexibility index (Phi) is 6.12. The van der Waals surface area contributed by atoms with Crippen molar-refractivity contribution in [3.05, 3.63) is 63.7 Å². The number of nitrogens with zero attached hydrogens (tertiary/aromatic N) is 3. The van der Waals surface area contributed by atoms with Gasteiger partial charge in [0.1, 0.15) is 0 Å². The Labute approximate surface area is 178 Å². The minimum atomic E-state index is -4.99. The molecule has 0 radical (unpaired) electrons. The van der Waals surface area contributed by atoms with E-state index in [9.17, 15) is 44.9 Å². The summed E-state index contributed by atoms with van der Waals surface area (Å²) in [5, 5.41) is 10.7. The zero-order valence-electron chi connectivity index (χ0n) is 16.0. The van der Waals surface area contributed by atoms with Crippen molar-refractivity contribution in [3.63, 3.8) is 0 Å². The summed E-state index contributed by atoms with van der Waals surface area (Å²) < 4.78 is 105. The zero-order valence-corrected chi connectivity index (χ0v) is 16.8. The van der Waals surface area contributed by atoms with Crippen LogP contribution in [0.2, 0.25) is 0 Å². The molecule has 0 aromatic heterocycles. The van der Waals surface area contributed by atoms with Crippen molar-refractivity contribution < 1.29 is 39.7 Å². The summed E-state index contributed by atoms with van der Waals surface area (Å²) in [5.74, 6) is 0. The number of halogens is 6. The van der Waals surface area contributed by atoms with Crippen LogP contribution in [0.15, 0.2) is 47.4 Å². The van der Waals surface area contributed by atoms with E-state index in [-0.39, 0.29) is 48.5 Å². The van der Waals surface area contributed by atoms with Gasteiger partial charge in [0.2, 0.25) is 10.0 Å². The quantitative estimate of drug-likeness (QED) is 0.371. The maximum atomic E-state index is 13.1. The monoisotopic (exact) mass is 483 g/mol. The number of sulfonamides is 1. The summed E-state index contributed by atoms with van der Waals surface area (Å²) in [6.07, 6.45) is -9.98. The van der Waals surface area contributed by atoms with Gasteiger partial charge < -0.3 is 4.90 Å². The number of alkyl halides is 6. The normalized spacial score (nSPS) is 16.2. The predicted molar refractivity (Wildman–Crippen MR) is 101 cm³/mol. The molecule has 0 amide bonds. The van der Waals surface area contributed by atoms with Crippen LogP contribution in [0.25, 0.3) is 0 Å². The first-order valence-corrected chi connectivity index (χ1v) is 10.4. The van der Waals surface area contributed by atoms with Gasteiger partial charge in [-0.2, -0.15) is 30.6 Å². The van der Waals surface area contributed by atoms with Crippen LogP contribution < -0.4 is 4.90 Å². The number of nitro benzene ring substituents is 1. The topological polar surface area (TPSA) is 83.8 Å². The minimum absolute atomic E-state index is 0.0266. The third kappa shape index (κ3) is 4.96. The van der Waals surface area contributed by atoms with Crippen LogP contribution in [0, 0.1) is 10.1 Å². The van der Waals surface area contributed by atoms with Crippen LogP contribution in [0.5, 0.6) is 0 Å². The Bertz CT molecular complexity index is 1080. The van der Waals surface area contributed by atoms with Crippen molar-refractivity contribution in [2.24, 2.45) is 0 Å². The average molecular weight is 483 g/mol. The maximum absolute atomic E-state index is 13.1. The van der Waals surface area contributed by atoms with Crippen molar-refractivity contribution in [3.8, 4) is 0 Å². The number of non-ortho nitro benzene ring substituents is 1. The predicted octanol–water partition coefficient (Wildman–Crippen LogP) is 4.14. The highest BCUT2D eigenvalue weighted by atomic mass is 32.2. The lowest BCUT2D eigenvalue weighted by molar-refractivity contribution is -0.384. The van der Waals surface area contributed by atoms with E-state index in [0.717, 1.165) is 28.6 Å². The van der Waals surface area contributed by atoms with Crippen LogP contribution in [0.1, 0.15) is 11.1 Å². The molecule has 0 unspecified atom stereocenters. The molecule has 1 saturated heterocycles. The zero-order chi connectivity index (χ0) is 23.9. The summed E-state index contributed by atoms with van der Waals surface area (Å²) in [4.78, 5) is 11.0. The van der Waals surface area contributed by atoms with Gasteiger partial charge in [-0.1, -0.05) is 0 Å². The van der Waals surface area contributed by atoms with Gasteiger partial charge in [-0.3, -0.25) is 10.1 Å². The summed E-state index contributed by atoms with van der Waals surface area (Å²) in [5.41, 5.74) is -3.54. The van der Waals surface area contributed by atoms with E-state index in [4.69, 9.17) is 0 Å². The Balaban J connectivity index is 1.81. The highest BCUT2D eigenvalue weighted by Crippen LogP contribution is 2.38. The first-order valence-electron chi connectivity index (χ1n) is 8.98. The first-order chi connectivity index (χ1) is 14.7. The van der Waals surface area contributed by atoms with Crippen molar-refractivity contribution in [2.45, 2.75) is 17.2 Å². The van der Waals surface area contributed by atoms with Crippen LogP contribution in [-0.2, 0) is 22.4 Å². The van der Waals surface area contributed by atoms with E-state index in [1.165, 1.54) is 4.90 Å². The largest absolute Gasteiger partial charge is 0.416 e. The standard InChI is InChI=1S/C18H15F6N3O4S/c19-17(20,21)12-9-13(18(22,23)24)11-15(10-12)25-5-7-26(8-6-25)32(30,31)16-3-1-14(2-4-16)27(28)29/h1-4,9-11H,5-8H2. The Morgan fingerprint density at radius 1 is 0.812 bits per heavy atom. The number of piperazine rings is 1. The number of benzene rings is 2. The van der Waals surface area contributed by atoms with E-state index in [1.54, 1.807) is 0 Å².